The van der Waals surface area contributed by atoms with Crippen LogP contribution in [0.25, 0.3) is 21.3 Å². The number of aromatic nitrogens is 3. The Bertz CT molecular complexity index is 1080. The van der Waals surface area contributed by atoms with Crippen LogP contribution in [-0.2, 0) is 13.1 Å². The highest BCUT2D eigenvalue weighted by Crippen LogP contribution is 2.38. The third-order valence-corrected chi connectivity index (χ3v) is 6.13. The first-order valence-corrected chi connectivity index (χ1v) is 10.9. The lowest BCUT2D eigenvalue weighted by Gasteiger charge is -2.20. The lowest BCUT2D eigenvalue weighted by molar-refractivity contribution is 0.391. The van der Waals surface area contributed by atoms with Crippen LogP contribution in [0.1, 0.15) is 16.5 Å². The summed E-state index contributed by atoms with van der Waals surface area (Å²) in [6, 6.07) is 10.5. The van der Waals surface area contributed by atoms with Crippen molar-refractivity contribution in [2.24, 2.45) is 0 Å². The Kier molecular flexibility index (Phi) is 5.39. The molecule has 0 aliphatic rings. The molecule has 7 heteroatoms. The highest BCUT2D eigenvalue weighted by molar-refractivity contribution is 7.17. The number of nitrogens with zero attached hydrogens (tertiary/aromatic N) is 5. The van der Waals surface area contributed by atoms with Gasteiger partial charge in [-0.1, -0.05) is 30.3 Å². The minimum Gasteiger partial charge on any atom is -0.353 e. The van der Waals surface area contributed by atoms with Crippen LogP contribution in [0.3, 0.4) is 0 Å². The average molecular weight is 410 g/mol. The zero-order valence-corrected chi connectivity index (χ0v) is 18.1. The quantitative estimate of drug-likeness (QED) is 0.457. The minimum absolute atomic E-state index is 0.713. The molecular formula is C21H23N5S2. The van der Waals surface area contributed by atoms with E-state index in [0.29, 0.717) is 6.54 Å². The van der Waals surface area contributed by atoms with Gasteiger partial charge >= 0.3 is 0 Å². The van der Waals surface area contributed by atoms with Crippen LogP contribution < -0.4 is 4.90 Å². The van der Waals surface area contributed by atoms with Gasteiger partial charge in [0.25, 0.3) is 0 Å². The maximum Gasteiger partial charge on any atom is 0.146 e. The van der Waals surface area contributed by atoms with Gasteiger partial charge in [-0.25, -0.2) is 15.0 Å². The Morgan fingerprint density at radius 1 is 0.893 bits per heavy atom. The first kappa shape index (κ1) is 19.0. The smallest absolute Gasteiger partial charge is 0.146 e. The molecule has 0 saturated heterocycles. The summed E-state index contributed by atoms with van der Waals surface area (Å²) in [5.74, 6) is 1.81. The van der Waals surface area contributed by atoms with Crippen molar-refractivity contribution in [2.75, 3.05) is 26.0 Å². The van der Waals surface area contributed by atoms with E-state index in [1.807, 2.05) is 27.1 Å². The summed E-state index contributed by atoms with van der Waals surface area (Å²) in [5.41, 5.74) is 3.45. The number of hydrogen-bond donors (Lipinski definition) is 0. The number of aryl methyl sites for hydroxylation is 1. The number of fused-ring (bicyclic) bond motifs is 1. The van der Waals surface area contributed by atoms with Crippen molar-refractivity contribution >= 4 is 38.7 Å². The van der Waals surface area contributed by atoms with E-state index in [1.54, 1.807) is 22.7 Å². The molecule has 0 atom stereocenters. The number of thiophene rings is 1. The van der Waals surface area contributed by atoms with Crippen LogP contribution in [-0.4, -0.2) is 41.0 Å². The highest BCUT2D eigenvalue weighted by Gasteiger charge is 2.19. The molecule has 3 aromatic heterocycles. The number of hydrogen-bond acceptors (Lipinski definition) is 7. The normalized spacial score (nSPS) is 11.5. The Morgan fingerprint density at radius 3 is 2.36 bits per heavy atom. The molecule has 0 N–H and O–H groups in total. The molecule has 28 heavy (non-hydrogen) atoms. The third-order valence-electron chi connectivity index (χ3n) is 4.43. The van der Waals surface area contributed by atoms with Crippen molar-refractivity contribution in [1.29, 1.82) is 0 Å². The van der Waals surface area contributed by atoms with Gasteiger partial charge < -0.3 is 9.80 Å². The van der Waals surface area contributed by atoms with E-state index in [9.17, 15) is 0 Å². The molecule has 0 aliphatic heterocycles. The van der Waals surface area contributed by atoms with E-state index in [2.05, 4.69) is 56.9 Å². The highest BCUT2D eigenvalue weighted by atomic mass is 32.1. The van der Waals surface area contributed by atoms with Crippen LogP contribution in [0.4, 0.5) is 5.82 Å². The molecule has 1 aromatic carbocycles. The fourth-order valence-corrected chi connectivity index (χ4v) is 4.79. The van der Waals surface area contributed by atoms with Gasteiger partial charge in [0.2, 0.25) is 0 Å². The van der Waals surface area contributed by atoms with Crippen molar-refractivity contribution < 1.29 is 0 Å². The zero-order chi connectivity index (χ0) is 19.7. The van der Waals surface area contributed by atoms with E-state index in [-0.39, 0.29) is 0 Å². The molecule has 4 rings (SSSR count). The Labute approximate surface area is 173 Å². The van der Waals surface area contributed by atoms with Gasteiger partial charge in [-0.15, -0.1) is 22.7 Å². The molecule has 0 saturated carbocycles. The summed E-state index contributed by atoms with van der Waals surface area (Å²) >= 11 is 3.37. The monoisotopic (exact) mass is 409 g/mol. The molecule has 0 bridgehead atoms. The van der Waals surface area contributed by atoms with Gasteiger partial charge in [-0.05, 0) is 26.6 Å². The summed E-state index contributed by atoms with van der Waals surface area (Å²) in [7, 11) is 6.17. The maximum atomic E-state index is 4.96. The molecule has 5 nitrogen and oxygen atoms in total. The second-order valence-corrected chi connectivity index (χ2v) is 9.03. The molecule has 0 spiro atoms. The predicted octanol–water partition coefficient (Wildman–Crippen LogP) is 4.82. The Morgan fingerprint density at radius 2 is 1.68 bits per heavy atom. The van der Waals surface area contributed by atoms with Crippen LogP contribution in [0.2, 0.25) is 0 Å². The zero-order valence-electron chi connectivity index (χ0n) is 16.5. The van der Waals surface area contributed by atoms with Crippen LogP contribution >= 0.6 is 22.7 Å². The lowest BCUT2D eigenvalue weighted by atomic mass is 10.1. The third kappa shape index (κ3) is 3.92. The van der Waals surface area contributed by atoms with Crippen molar-refractivity contribution in [1.82, 2.24) is 19.9 Å². The number of anilines is 1. The fraction of sp³-hybridized carbons (Fsp3) is 0.286. The topological polar surface area (TPSA) is 45.2 Å². The lowest BCUT2D eigenvalue weighted by Crippen LogP contribution is -2.21. The van der Waals surface area contributed by atoms with E-state index in [4.69, 9.17) is 9.97 Å². The van der Waals surface area contributed by atoms with Crippen molar-refractivity contribution in [3.8, 4) is 11.1 Å². The molecule has 0 unspecified atom stereocenters. The van der Waals surface area contributed by atoms with Gasteiger partial charge in [-0.2, -0.15) is 0 Å². The Balaban J connectivity index is 1.83. The average Bonchev–Trinajstić information content (AvgIpc) is 3.27. The molecule has 3 heterocycles. The van der Waals surface area contributed by atoms with Gasteiger partial charge in [0.05, 0.1) is 29.2 Å². The first-order valence-electron chi connectivity index (χ1n) is 9.11. The maximum absolute atomic E-state index is 4.96. The SMILES string of the molecule is Cc1nc(CN(C)c2nc(CN(C)C)nc3scc(-c4ccccc4)c23)cs1. The molecule has 144 valence electrons. The standard InChI is InChI=1S/C21H23N5S2/c1-14-22-16(12-27-14)10-26(4)20-19-17(15-8-6-5-7-9-15)13-28-21(19)24-18(23-20)11-25(2)3/h5-9,12-13H,10-11H2,1-4H3. The van der Waals surface area contributed by atoms with Crippen LogP contribution in [0.5, 0.6) is 0 Å². The van der Waals surface area contributed by atoms with Crippen molar-refractivity contribution in [2.45, 2.75) is 20.0 Å². The van der Waals surface area contributed by atoms with Crippen LogP contribution in [0, 0.1) is 6.92 Å². The molecular weight excluding hydrogens is 386 g/mol. The number of rotatable bonds is 6. The largest absolute Gasteiger partial charge is 0.353 e. The van der Waals surface area contributed by atoms with Crippen molar-refractivity contribution in [3.05, 3.63) is 57.6 Å². The summed E-state index contributed by atoms with van der Waals surface area (Å²) in [5, 5.41) is 6.52. The predicted molar refractivity (Wildman–Crippen MR) is 119 cm³/mol. The van der Waals surface area contributed by atoms with Gasteiger partial charge in [-0.3, -0.25) is 0 Å². The second kappa shape index (κ2) is 7.95. The summed E-state index contributed by atoms with van der Waals surface area (Å²) in [6.07, 6.45) is 0. The molecule has 0 amide bonds. The summed E-state index contributed by atoms with van der Waals surface area (Å²) in [6.45, 7) is 3.48. The molecule has 0 radical (unpaired) electrons. The molecule has 0 fully saturated rings. The summed E-state index contributed by atoms with van der Waals surface area (Å²) < 4.78 is 0. The molecule has 4 aromatic rings. The van der Waals surface area contributed by atoms with Crippen molar-refractivity contribution in [3.63, 3.8) is 0 Å². The van der Waals surface area contributed by atoms with Gasteiger partial charge in [0, 0.05) is 23.4 Å². The van der Waals surface area contributed by atoms with E-state index < -0.39 is 0 Å². The number of benzene rings is 1. The van der Waals surface area contributed by atoms with E-state index in [1.165, 1.54) is 11.1 Å². The minimum atomic E-state index is 0.713. The summed E-state index contributed by atoms with van der Waals surface area (Å²) in [4.78, 5) is 19.7. The van der Waals surface area contributed by atoms with E-state index >= 15 is 0 Å². The van der Waals surface area contributed by atoms with E-state index in [0.717, 1.165) is 39.1 Å². The fourth-order valence-electron chi connectivity index (χ4n) is 3.23. The number of thiazole rings is 1. The van der Waals surface area contributed by atoms with Crippen LogP contribution in [0.15, 0.2) is 41.1 Å². The van der Waals surface area contributed by atoms with Gasteiger partial charge in [0.1, 0.15) is 16.5 Å². The second-order valence-electron chi connectivity index (χ2n) is 7.11. The first-order chi connectivity index (χ1) is 13.5. The Hall–Kier alpha value is -2.35. The molecule has 0 aliphatic carbocycles. The van der Waals surface area contributed by atoms with Gasteiger partial charge in [0.15, 0.2) is 0 Å².